The van der Waals surface area contributed by atoms with Gasteiger partial charge in [-0.15, -0.1) is 0 Å². The first-order chi connectivity index (χ1) is 14.2. The number of hydrogen-bond acceptors (Lipinski definition) is 4. The maximum atomic E-state index is 14.0. The summed E-state index contributed by atoms with van der Waals surface area (Å²) >= 11 is 0. The number of carbonyl (C=O) groups is 1. The van der Waals surface area contributed by atoms with Crippen LogP contribution in [0, 0.1) is 24.5 Å². The van der Waals surface area contributed by atoms with Gasteiger partial charge in [-0.2, -0.15) is 0 Å². The molecular weight excluding hydrogens is 414 g/mol. The van der Waals surface area contributed by atoms with Crippen LogP contribution in [0.1, 0.15) is 23.5 Å². The monoisotopic (exact) mass is 434 g/mol. The lowest BCUT2D eigenvalue weighted by Gasteiger charge is -2.08. The van der Waals surface area contributed by atoms with Gasteiger partial charge in [0.25, 0.3) is 10.0 Å². The predicted molar refractivity (Wildman–Crippen MR) is 106 cm³/mol. The molecule has 1 aliphatic carbocycles. The van der Waals surface area contributed by atoms with Gasteiger partial charge in [0, 0.05) is 30.7 Å². The number of ether oxygens (including phenoxy) is 1. The van der Waals surface area contributed by atoms with E-state index in [1.54, 1.807) is 12.1 Å². The first-order valence-corrected chi connectivity index (χ1v) is 10.8. The first-order valence-electron chi connectivity index (χ1n) is 9.33. The second-order valence-corrected chi connectivity index (χ2v) is 9.22. The van der Waals surface area contributed by atoms with Gasteiger partial charge in [-0.05, 0) is 43.0 Å². The minimum Gasteiger partial charge on any atom is -0.364 e. The van der Waals surface area contributed by atoms with Crippen LogP contribution >= 0.6 is 0 Å². The normalized spacial score (nSPS) is 18.5. The molecule has 1 heterocycles. The maximum Gasteiger partial charge on any atom is 0.268 e. The van der Waals surface area contributed by atoms with Crippen molar-refractivity contribution < 1.29 is 26.7 Å². The van der Waals surface area contributed by atoms with Gasteiger partial charge in [0.2, 0.25) is 5.91 Å². The van der Waals surface area contributed by atoms with E-state index in [-0.39, 0.29) is 40.3 Å². The van der Waals surface area contributed by atoms with Crippen LogP contribution in [-0.4, -0.2) is 32.1 Å². The molecule has 1 saturated carbocycles. The molecule has 9 heteroatoms. The number of halogens is 2. The number of aryl methyl sites for hydroxylation is 1. The van der Waals surface area contributed by atoms with E-state index < -0.39 is 21.7 Å². The highest BCUT2D eigenvalue weighted by Gasteiger charge is 2.45. The van der Waals surface area contributed by atoms with Crippen LogP contribution in [-0.2, 0) is 19.6 Å². The number of rotatable bonds is 6. The van der Waals surface area contributed by atoms with Crippen LogP contribution in [0.3, 0.4) is 0 Å². The van der Waals surface area contributed by atoms with Crippen molar-refractivity contribution in [2.75, 3.05) is 13.8 Å². The van der Waals surface area contributed by atoms with Crippen molar-refractivity contribution in [3.63, 3.8) is 0 Å². The highest BCUT2D eigenvalue weighted by molar-refractivity contribution is 7.90. The lowest BCUT2D eigenvalue weighted by molar-refractivity contribution is -0.123. The third-order valence-corrected chi connectivity index (χ3v) is 7.03. The molecule has 6 nitrogen and oxygen atoms in total. The third-order valence-electron chi connectivity index (χ3n) is 5.34. The number of fused-ring (bicyclic) bond motifs is 1. The minimum atomic E-state index is -4.04. The molecule has 2 aromatic carbocycles. The topological polar surface area (TPSA) is 77.4 Å². The Morgan fingerprint density at radius 2 is 1.87 bits per heavy atom. The number of methoxy groups -OCH3 is 1. The summed E-state index contributed by atoms with van der Waals surface area (Å²) in [6.07, 6.45) is 1.85. The molecule has 0 aliphatic heterocycles. The number of benzene rings is 2. The average molecular weight is 434 g/mol. The fourth-order valence-corrected chi connectivity index (χ4v) is 5.01. The van der Waals surface area contributed by atoms with Gasteiger partial charge in [-0.25, -0.2) is 21.2 Å². The molecule has 2 atom stereocenters. The lowest BCUT2D eigenvalue weighted by Crippen LogP contribution is -2.27. The summed E-state index contributed by atoms with van der Waals surface area (Å²) in [5, 5.41) is 2.89. The highest BCUT2D eigenvalue weighted by atomic mass is 32.2. The fraction of sp³-hybridized carbons (Fsp3) is 0.286. The van der Waals surface area contributed by atoms with Crippen LogP contribution in [0.4, 0.5) is 8.78 Å². The molecule has 30 heavy (non-hydrogen) atoms. The van der Waals surface area contributed by atoms with E-state index in [2.05, 4.69) is 5.32 Å². The van der Waals surface area contributed by atoms with Crippen LogP contribution in [0.5, 0.6) is 0 Å². The Morgan fingerprint density at radius 3 is 2.53 bits per heavy atom. The van der Waals surface area contributed by atoms with E-state index in [9.17, 15) is 22.0 Å². The van der Waals surface area contributed by atoms with Gasteiger partial charge < -0.3 is 10.1 Å². The standard InChI is InChI=1S/C21H20F2N2O4S/c1-12-3-5-13(6-4-12)30(27,28)25-10-17(14-7-16(14)21(26)24-11-29-2)15-8-18(22)19(23)9-20(15)25/h3-6,8-10,14,16H,7,11H2,1-2H3,(H,24,26). The minimum absolute atomic E-state index is 0.0338. The van der Waals surface area contributed by atoms with Crippen LogP contribution in [0.2, 0.25) is 0 Å². The van der Waals surface area contributed by atoms with Gasteiger partial charge >= 0.3 is 0 Å². The van der Waals surface area contributed by atoms with E-state index >= 15 is 0 Å². The smallest absolute Gasteiger partial charge is 0.268 e. The SMILES string of the molecule is COCNC(=O)C1CC1c1cn(S(=O)(=O)c2ccc(C)cc2)c2cc(F)c(F)cc12. The number of nitrogens with one attached hydrogen (secondary N) is 1. The second-order valence-electron chi connectivity index (χ2n) is 7.40. The van der Waals surface area contributed by atoms with Crippen molar-refractivity contribution >= 4 is 26.8 Å². The second kappa shape index (κ2) is 7.48. The zero-order valence-electron chi connectivity index (χ0n) is 16.4. The van der Waals surface area contributed by atoms with E-state index in [1.165, 1.54) is 25.4 Å². The molecule has 0 radical (unpaired) electrons. The molecule has 2 unspecified atom stereocenters. The van der Waals surface area contributed by atoms with Crippen LogP contribution in [0.15, 0.2) is 47.5 Å². The molecule has 0 bridgehead atoms. The van der Waals surface area contributed by atoms with Crippen molar-refractivity contribution in [2.24, 2.45) is 5.92 Å². The Morgan fingerprint density at radius 1 is 1.20 bits per heavy atom. The quantitative estimate of drug-likeness (QED) is 0.604. The molecule has 1 N–H and O–H groups in total. The summed E-state index contributed by atoms with van der Waals surface area (Å²) in [6, 6.07) is 8.13. The average Bonchev–Trinajstić information content (AvgIpc) is 3.42. The van der Waals surface area contributed by atoms with Crippen LogP contribution in [0.25, 0.3) is 10.9 Å². The Labute approximate surface area is 172 Å². The van der Waals surface area contributed by atoms with Gasteiger partial charge in [0.05, 0.1) is 10.4 Å². The van der Waals surface area contributed by atoms with E-state index in [4.69, 9.17) is 4.74 Å². The molecule has 1 aliphatic rings. The summed E-state index contributed by atoms with van der Waals surface area (Å²) in [5.74, 6) is -3.11. The van der Waals surface area contributed by atoms with E-state index in [0.717, 1.165) is 21.7 Å². The molecule has 1 aromatic heterocycles. The molecular formula is C21H20F2N2O4S. The highest BCUT2D eigenvalue weighted by Crippen LogP contribution is 2.50. The van der Waals surface area contributed by atoms with Gasteiger partial charge in [0.1, 0.15) is 6.73 Å². The molecule has 0 saturated heterocycles. The Bertz CT molecular complexity index is 1240. The van der Waals surface area contributed by atoms with E-state index in [1.807, 2.05) is 6.92 Å². The predicted octanol–water partition coefficient (Wildman–Crippen LogP) is 3.29. The molecule has 158 valence electrons. The van der Waals surface area contributed by atoms with Crippen molar-refractivity contribution in [1.29, 1.82) is 0 Å². The van der Waals surface area contributed by atoms with Crippen molar-refractivity contribution in [3.05, 3.63) is 65.4 Å². The van der Waals surface area contributed by atoms with Gasteiger partial charge in [-0.3, -0.25) is 4.79 Å². The summed E-state index contributed by atoms with van der Waals surface area (Å²) in [4.78, 5) is 12.2. The molecule has 4 rings (SSSR count). The Hall–Kier alpha value is -2.78. The number of hydrogen-bond donors (Lipinski definition) is 1. The molecule has 1 amide bonds. The number of carbonyl (C=O) groups excluding carboxylic acids is 1. The fourth-order valence-electron chi connectivity index (χ4n) is 3.64. The van der Waals surface area contributed by atoms with Gasteiger partial charge in [-0.1, -0.05) is 17.7 Å². The van der Waals surface area contributed by atoms with Crippen LogP contribution < -0.4 is 5.32 Å². The molecule has 0 spiro atoms. The Kier molecular flexibility index (Phi) is 5.11. The zero-order valence-corrected chi connectivity index (χ0v) is 17.2. The van der Waals surface area contributed by atoms with Crippen molar-refractivity contribution in [2.45, 2.75) is 24.2 Å². The first kappa shape index (κ1) is 20.5. The number of nitrogens with zero attached hydrogens (tertiary/aromatic N) is 1. The largest absolute Gasteiger partial charge is 0.364 e. The summed E-state index contributed by atoms with van der Waals surface area (Å²) < 4.78 is 60.2. The molecule has 1 fully saturated rings. The van der Waals surface area contributed by atoms with Crippen molar-refractivity contribution in [1.82, 2.24) is 9.29 Å². The van der Waals surface area contributed by atoms with Gasteiger partial charge in [0.15, 0.2) is 11.6 Å². The summed E-state index contributed by atoms with van der Waals surface area (Å²) in [7, 11) is -2.59. The number of amides is 1. The maximum absolute atomic E-state index is 14.0. The third kappa shape index (κ3) is 3.48. The summed E-state index contributed by atoms with van der Waals surface area (Å²) in [5.41, 5.74) is 1.42. The van der Waals surface area contributed by atoms with Crippen molar-refractivity contribution in [3.8, 4) is 0 Å². The van der Waals surface area contributed by atoms with E-state index in [0.29, 0.717) is 12.0 Å². The summed E-state index contributed by atoms with van der Waals surface area (Å²) in [6.45, 7) is 1.89. The number of aromatic nitrogens is 1. The zero-order chi connectivity index (χ0) is 21.6. The Balaban J connectivity index is 1.81. The lowest BCUT2D eigenvalue weighted by atomic mass is 10.1. The molecule has 3 aromatic rings.